The minimum absolute atomic E-state index is 0.0188. The van der Waals surface area contributed by atoms with Gasteiger partial charge in [-0.15, -0.1) is 0 Å². The number of fused-ring (bicyclic) bond motifs is 1. The zero-order valence-corrected chi connectivity index (χ0v) is 20.2. The number of methoxy groups -OCH3 is 1. The van der Waals surface area contributed by atoms with Crippen LogP contribution in [0, 0.1) is 0 Å². The van der Waals surface area contributed by atoms with E-state index < -0.39 is 15.9 Å². The van der Waals surface area contributed by atoms with Crippen molar-refractivity contribution >= 4 is 32.9 Å². The maximum atomic E-state index is 13.3. The van der Waals surface area contributed by atoms with Crippen LogP contribution in [0.1, 0.15) is 61.3 Å². The van der Waals surface area contributed by atoms with Gasteiger partial charge in [0.1, 0.15) is 10.6 Å². The molecule has 1 saturated heterocycles. The van der Waals surface area contributed by atoms with Gasteiger partial charge in [-0.25, -0.2) is 13.4 Å². The van der Waals surface area contributed by atoms with Crippen LogP contribution in [-0.2, 0) is 10.0 Å². The molecule has 8 nitrogen and oxygen atoms in total. The van der Waals surface area contributed by atoms with E-state index in [0.29, 0.717) is 19.0 Å². The largest absolute Gasteiger partial charge is 0.495 e. The monoisotopic (exact) mass is 482 g/mol. The molecule has 1 saturated carbocycles. The summed E-state index contributed by atoms with van der Waals surface area (Å²) in [5.41, 5.74) is 2.08. The van der Waals surface area contributed by atoms with E-state index in [-0.39, 0.29) is 22.3 Å². The third-order valence-electron chi connectivity index (χ3n) is 6.87. The zero-order valence-electron chi connectivity index (χ0n) is 19.4. The number of amides is 1. The summed E-state index contributed by atoms with van der Waals surface area (Å²) in [6.45, 7) is 0.959. The fourth-order valence-electron chi connectivity index (χ4n) is 5.10. The van der Waals surface area contributed by atoms with Crippen LogP contribution in [0.3, 0.4) is 0 Å². The van der Waals surface area contributed by atoms with Crippen molar-refractivity contribution in [2.24, 2.45) is 0 Å². The van der Waals surface area contributed by atoms with Crippen molar-refractivity contribution in [3.05, 3.63) is 48.0 Å². The number of carbonyl (C=O) groups is 1. The molecule has 1 aliphatic carbocycles. The van der Waals surface area contributed by atoms with Gasteiger partial charge in [0.15, 0.2) is 0 Å². The summed E-state index contributed by atoms with van der Waals surface area (Å²) in [6, 6.07) is 12.7. The number of hydrogen-bond donors (Lipinski definition) is 1. The highest BCUT2D eigenvalue weighted by Crippen LogP contribution is 2.35. The van der Waals surface area contributed by atoms with Gasteiger partial charge in [-0.2, -0.15) is 4.31 Å². The van der Waals surface area contributed by atoms with Crippen LogP contribution in [0.15, 0.2) is 47.4 Å². The minimum atomic E-state index is -3.75. The fourth-order valence-corrected chi connectivity index (χ4v) is 6.80. The first kappa shape index (κ1) is 22.9. The Hall–Kier alpha value is -2.91. The standard InChI is InChI=1S/C25H30N4O4S/c1-33-22-14-13-18(17-23(22)34(31,32)28-15-7-8-16-28)24(30)27-25-26-20-11-5-6-12-21(20)29(25)19-9-3-2-4-10-19/h5-6,11-14,17,19H,2-4,7-10,15-16H2,1H3,(H,26,27,30). The number of sulfonamides is 1. The summed E-state index contributed by atoms with van der Waals surface area (Å²) in [7, 11) is -2.31. The Morgan fingerprint density at radius 1 is 1.03 bits per heavy atom. The molecule has 2 aliphatic rings. The molecule has 0 spiro atoms. The lowest BCUT2D eigenvalue weighted by atomic mass is 9.95. The Morgan fingerprint density at radius 2 is 1.76 bits per heavy atom. The smallest absolute Gasteiger partial charge is 0.258 e. The van der Waals surface area contributed by atoms with Crippen LogP contribution in [-0.4, -0.2) is 48.4 Å². The molecule has 2 heterocycles. The van der Waals surface area contributed by atoms with Gasteiger partial charge in [0.2, 0.25) is 16.0 Å². The van der Waals surface area contributed by atoms with Crippen molar-refractivity contribution in [3.8, 4) is 5.75 Å². The molecule has 180 valence electrons. The van der Waals surface area contributed by atoms with Crippen molar-refractivity contribution in [2.75, 3.05) is 25.5 Å². The maximum Gasteiger partial charge on any atom is 0.258 e. The first-order chi connectivity index (χ1) is 16.5. The van der Waals surface area contributed by atoms with Gasteiger partial charge >= 0.3 is 0 Å². The van der Waals surface area contributed by atoms with Crippen LogP contribution in [0.4, 0.5) is 5.95 Å². The number of imidazole rings is 1. The zero-order chi connectivity index (χ0) is 23.7. The van der Waals surface area contributed by atoms with E-state index in [1.807, 2.05) is 24.3 Å². The fraction of sp³-hybridized carbons (Fsp3) is 0.440. The topological polar surface area (TPSA) is 93.5 Å². The molecule has 1 amide bonds. The number of benzene rings is 2. The van der Waals surface area contributed by atoms with Gasteiger partial charge in [-0.3, -0.25) is 10.1 Å². The van der Waals surface area contributed by atoms with Crippen molar-refractivity contribution in [2.45, 2.75) is 55.9 Å². The van der Waals surface area contributed by atoms with Crippen molar-refractivity contribution < 1.29 is 17.9 Å². The van der Waals surface area contributed by atoms with Crippen LogP contribution < -0.4 is 10.1 Å². The summed E-state index contributed by atoms with van der Waals surface area (Å²) >= 11 is 0. The van der Waals surface area contributed by atoms with Gasteiger partial charge in [-0.1, -0.05) is 31.4 Å². The van der Waals surface area contributed by atoms with E-state index in [4.69, 9.17) is 9.72 Å². The summed E-state index contributed by atoms with van der Waals surface area (Å²) in [5, 5.41) is 2.96. The SMILES string of the molecule is COc1ccc(C(=O)Nc2nc3ccccc3n2C2CCCCC2)cc1S(=O)(=O)N1CCCC1. The number of carbonyl (C=O) groups excluding carboxylic acids is 1. The quantitative estimate of drug-likeness (QED) is 0.555. The number of rotatable bonds is 6. The van der Waals surface area contributed by atoms with Crippen molar-refractivity contribution in [1.82, 2.24) is 13.9 Å². The third-order valence-corrected chi connectivity index (χ3v) is 8.79. The molecule has 0 unspecified atom stereocenters. The number of aromatic nitrogens is 2. The molecular weight excluding hydrogens is 452 g/mol. The normalized spacial score (nSPS) is 17.8. The molecule has 34 heavy (non-hydrogen) atoms. The lowest BCUT2D eigenvalue weighted by Crippen LogP contribution is -2.28. The Morgan fingerprint density at radius 3 is 2.50 bits per heavy atom. The summed E-state index contributed by atoms with van der Waals surface area (Å²) in [6.07, 6.45) is 7.29. The molecule has 3 aromatic rings. The summed E-state index contributed by atoms with van der Waals surface area (Å²) in [5.74, 6) is 0.337. The molecule has 0 radical (unpaired) electrons. The molecular formula is C25H30N4O4S. The molecule has 1 aliphatic heterocycles. The number of nitrogens with zero attached hydrogens (tertiary/aromatic N) is 3. The van der Waals surface area contributed by atoms with Gasteiger partial charge in [0.25, 0.3) is 5.91 Å². The second-order valence-electron chi connectivity index (χ2n) is 9.02. The third kappa shape index (κ3) is 4.18. The second-order valence-corrected chi connectivity index (χ2v) is 10.9. The number of ether oxygens (including phenoxy) is 1. The first-order valence-electron chi connectivity index (χ1n) is 12.0. The Balaban J connectivity index is 1.49. The average molecular weight is 483 g/mol. The van der Waals surface area contributed by atoms with Gasteiger partial charge in [0.05, 0.1) is 18.1 Å². The lowest BCUT2D eigenvalue weighted by molar-refractivity contribution is 0.102. The lowest BCUT2D eigenvalue weighted by Gasteiger charge is -2.25. The minimum Gasteiger partial charge on any atom is -0.495 e. The van der Waals surface area contributed by atoms with E-state index in [9.17, 15) is 13.2 Å². The Labute approximate surface area is 200 Å². The molecule has 2 fully saturated rings. The summed E-state index contributed by atoms with van der Waals surface area (Å²) in [4.78, 5) is 18.0. The second kappa shape index (κ2) is 9.38. The number of nitrogens with one attached hydrogen (secondary N) is 1. The predicted octanol–water partition coefficient (Wildman–Crippen LogP) is 4.59. The highest BCUT2D eigenvalue weighted by Gasteiger charge is 2.31. The first-order valence-corrected chi connectivity index (χ1v) is 13.4. The van der Waals surface area contributed by atoms with Crippen LogP contribution >= 0.6 is 0 Å². The van der Waals surface area contributed by atoms with Crippen molar-refractivity contribution in [3.63, 3.8) is 0 Å². The molecule has 9 heteroatoms. The number of anilines is 1. The van der Waals surface area contributed by atoms with Crippen LogP contribution in [0.25, 0.3) is 11.0 Å². The predicted molar refractivity (Wildman–Crippen MR) is 131 cm³/mol. The van der Waals surface area contributed by atoms with Crippen LogP contribution in [0.2, 0.25) is 0 Å². The van der Waals surface area contributed by atoms with E-state index in [0.717, 1.165) is 49.6 Å². The molecule has 1 aromatic heterocycles. The maximum absolute atomic E-state index is 13.3. The number of para-hydroxylation sites is 2. The Bertz CT molecular complexity index is 1310. The average Bonchev–Trinajstić information content (AvgIpc) is 3.53. The molecule has 0 atom stereocenters. The van der Waals surface area contributed by atoms with Crippen LogP contribution in [0.5, 0.6) is 5.75 Å². The van der Waals surface area contributed by atoms with E-state index in [1.165, 1.54) is 23.9 Å². The molecule has 2 aromatic carbocycles. The molecule has 5 rings (SSSR count). The van der Waals surface area contributed by atoms with E-state index >= 15 is 0 Å². The highest BCUT2D eigenvalue weighted by atomic mass is 32.2. The summed E-state index contributed by atoms with van der Waals surface area (Å²) < 4.78 is 35.4. The Kier molecular flexibility index (Phi) is 6.31. The highest BCUT2D eigenvalue weighted by molar-refractivity contribution is 7.89. The van der Waals surface area contributed by atoms with Gasteiger partial charge in [-0.05, 0) is 56.0 Å². The van der Waals surface area contributed by atoms with Gasteiger partial charge in [0, 0.05) is 24.7 Å². The van der Waals surface area contributed by atoms with E-state index in [1.54, 1.807) is 12.1 Å². The number of hydrogen-bond acceptors (Lipinski definition) is 5. The van der Waals surface area contributed by atoms with E-state index in [2.05, 4.69) is 9.88 Å². The molecule has 1 N–H and O–H groups in total. The molecule has 0 bridgehead atoms. The van der Waals surface area contributed by atoms with Crippen molar-refractivity contribution in [1.29, 1.82) is 0 Å². The van der Waals surface area contributed by atoms with Gasteiger partial charge < -0.3 is 9.30 Å².